The Morgan fingerprint density at radius 1 is 1.23 bits per heavy atom. The van der Waals surface area contributed by atoms with Gasteiger partial charge in [0, 0.05) is 19.7 Å². The van der Waals surface area contributed by atoms with E-state index in [2.05, 4.69) is 15.6 Å². The lowest BCUT2D eigenvalue weighted by Crippen LogP contribution is -2.42. The first-order valence-electron chi connectivity index (χ1n) is 11.1. The molecule has 1 aliphatic carbocycles. The Bertz CT molecular complexity index is 913. The summed E-state index contributed by atoms with van der Waals surface area (Å²) in [5.41, 5.74) is 2.55. The first kappa shape index (κ1) is 20.7. The number of carbonyl (C=O) groups is 1. The van der Waals surface area contributed by atoms with E-state index in [0.717, 1.165) is 69.1 Å². The van der Waals surface area contributed by atoms with E-state index in [0.29, 0.717) is 30.5 Å². The predicted octanol–water partition coefficient (Wildman–Crippen LogP) is 4.26. The maximum Gasteiger partial charge on any atom is 0.407 e. The van der Waals surface area contributed by atoms with Crippen LogP contribution in [0.15, 0.2) is 24.5 Å². The van der Waals surface area contributed by atoms with Crippen molar-refractivity contribution in [3.8, 4) is 6.07 Å². The number of rotatable bonds is 6. The van der Waals surface area contributed by atoms with E-state index in [-0.39, 0.29) is 6.10 Å². The van der Waals surface area contributed by atoms with Gasteiger partial charge in [0.2, 0.25) is 0 Å². The van der Waals surface area contributed by atoms with Crippen molar-refractivity contribution >= 4 is 17.1 Å². The zero-order valence-corrected chi connectivity index (χ0v) is 17.4. The second-order valence-corrected chi connectivity index (χ2v) is 8.79. The van der Waals surface area contributed by atoms with Crippen LogP contribution in [0.25, 0.3) is 11.0 Å². The average Bonchev–Trinajstić information content (AvgIpc) is 3.16. The molecule has 0 radical (unpaired) electrons. The first-order valence-corrected chi connectivity index (χ1v) is 11.1. The van der Waals surface area contributed by atoms with E-state index in [4.69, 9.17) is 4.74 Å². The van der Waals surface area contributed by atoms with Crippen LogP contribution in [0.3, 0.4) is 0 Å². The Morgan fingerprint density at radius 3 is 2.87 bits per heavy atom. The summed E-state index contributed by atoms with van der Waals surface area (Å²) in [6.45, 7) is 2.69. The third-order valence-electron chi connectivity index (χ3n) is 6.54. The summed E-state index contributed by atoms with van der Waals surface area (Å²) in [4.78, 5) is 17.9. The fourth-order valence-corrected chi connectivity index (χ4v) is 5.02. The van der Waals surface area contributed by atoms with Crippen molar-refractivity contribution in [1.29, 1.82) is 5.26 Å². The average molecular weight is 411 g/mol. The van der Waals surface area contributed by atoms with Gasteiger partial charge in [0.05, 0.1) is 41.6 Å². The molecule has 4 rings (SSSR count). The molecule has 1 aliphatic heterocycles. The summed E-state index contributed by atoms with van der Waals surface area (Å²) in [6.07, 6.45) is 8.59. The van der Waals surface area contributed by atoms with Crippen LogP contribution in [-0.4, -0.2) is 51.5 Å². The SMILES string of the molecule is N#Cc1ccc2ncn(CC3CCCC(CN(CC4CCCCO4)C(=O)O)C3)c2c1. The van der Waals surface area contributed by atoms with E-state index in [1.807, 2.05) is 18.5 Å². The standard InChI is InChI=1S/C23H30N4O3/c24-12-17-7-8-21-22(11-17)27(16-25-21)14-19-5-3-4-18(10-19)13-26(23(28)29)15-20-6-1-2-9-30-20/h7-8,11,16,18-20H,1-6,9-10,13-15H2,(H,28,29). The molecule has 1 saturated carbocycles. The molecule has 1 saturated heterocycles. The third-order valence-corrected chi connectivity index (χ3v) is 6.54. The minimum absolute atomic E-state index is 0.0425. The number of amides is 1. The molecule has 2 aromatic rings. The number of nitrogens with zero attached hydrogens (tertiary/aromatic N) is 4. The first-order chi connectivity index (χ1) is 14.6. The van der Waals surface area contributed by atoms with Crippen molar-refractivity contribution in [2.24, 2.45) is 11.8 Å². The van der Waals surface area contributed by atoms with Crippen molar-refractivity contribution < 1.29 is 14.6 Å². The van der Waals surface area contributed by atoms with Gasteiger partial charge in [0.1, 0.15) is 0 Å². The molecule has 3 unspecified atom stereocenters. The number of hydrogen-bond donors (Lipinski definition) is 1. The quantitative estimate of drug-likeness (QED) is 0.768. The van der Waals surface area contributed by atoms with E-state index in [1.165, 1.54) is 0 Å². The largest absolute Gasteiger partial charge is 0.465 e. The van der Waals surface area contributed by atoms with Gasteiger partial charge in [-0.25, -0.2) is 9.78 Å². The normalized spacial score (nSPS) is 24.4. The van der Waals surface area contributed by atoms with Gasteiger partial charge in [0.25, 0.3) is 0 Å². The van der Waals surface area contributed by atoms with Gasteiger partial charge in [-0.1, -0.05) is 6.42 Å². The highest BCUT2D eigenvalue weighted by Crippen LogP contribution is 2.32. The van der Waals surface area contributed by atoms with Gasteiger partial charge >= 0.3 is 6.09 Å². The summed E-state index contributed by atoms with van der Waals surface area (Å²) in [5, 5.41) is 18.9. The highest BCUT2D eigenvalue weighted by molar-refractivity contribution is 5.76. The topological polar surface area (TPSA) is 91.4 Å². The molecule has 160 valence electrons. The smallest absolute Gasteiger partial charge is 0.407 e. The highest BCUT2D eigenvalue weighted by Gasteiger charge is 2.28. The summed E-state index contributed by atoms with van der Waals surface area (Å²) in [5.74, 6) is 0.876. The molecule has 1 aromatic carbocycles. The zero-order valence-electron chi connectivity index (χ0n) is 17.4. The van der Waals surface area contributed by atoms with Crippen LogP contribution in [0.5, 0.6) is 0 Å². The van der Waals surface area contributed by atoms with Crippen LogP contribution in [0.2, 0.25) is 0 Å². The molecule has 3 atom stereocenters. The maximum absolute atomic E-state index is 11.8. The van der Waals surface area contributed by atoms with Gasteiger partial charge in [-0.15, -0.1) is 0 Å². The van der Waals surface area contributed by atoms with Crippen LogP contribution in [0.4, 0.5) is 4.79 Å². The minimum Gasteiger partial charge on any atom is -0.465 e. The molecule has 2 aliphatic rings. The van der Waals surface area contributed by atoms with Crippen molar-refractivity contribution in [3.05, 3.63) is 30.1 Å². The molecule has 2 heterocycles. The van der Waals surface area contributed by atoms with Gasteiger partial charge < -0.3 is 19.3 Å². The third kappa shape index (κ3) is 4.93. The van der Waals surface area contributed by atoms with Gasteiger partial charge in [-0.2, -0.15) is 5.26 Å². The van der Waals surface area contributed by atoms with E-state index in [1.54, 1.807) is 11.0 Å². The molecule has 0 spiro atoms. The Balaban J connectivity index is 1.38. The molecule has 30 heavy (non-hydrogen) atoms. The number of imidazole rings is 1. The number of fused-ring (bicyclic) bond motifs is 1. The maximum atomic E-state index is 11.8. The monoisotopic (exact) mass is 410 g/mol. The molecular formula is C23H30N4O3. The minimum atomic E-state index is -0.837. The summed E-state index contributed by atoms with van der Waals surface area (Å²) in [7, 11) is 0. The van der Waals surface area contributed by atoms with Crippen molar-refractivity contribution in [2.45, 2.75) is 57.6 Å². The second-order valence-electron chi connectivity index (χ2n) is 8.79. The number of benzene rings is 1. The van der Waals surface area contributed by atoms with Crippen LogP contribution in [-0.2, 0) is 11.3 Å². The lowest BCUT2D eigenvalue weighted by molar-refractivity contribution is -0.00685. The molecule has 0 bridgehead atoms. The summed E-state index contributed by atoms with van der Waals surface area (Å²) >= 11 is 0. The zero-order chi connectivity index (χ0) is 20.9. The van der Waals surface area contributed by atoms with Gasteiger partial charge in [-0.3, -0.25) is 0 Å². The van der Waals surface area contributed by atoms with Gasteiger partial charge in [0.15, 0.2) is 0 Å². The van der Waals surface area contributed by atoms with Crippen LogP contribution >= 0.6 is 0 Å². The number of carboxylic acid groups (broad SMARTS) is 1. The fraction of sp³-hybridized carbons (Fsp3) is 0.609. The predicted molar refractivity (Wildman–Crippen MR) is 113 cm³/mol. The number of aromatic nitrogens is 2. The Labute approximate surface area is 177 Å². The number of hydrogen-bond acceptors (Lipinski definition) is 4. The second kappa shape index (κ2) is 9.48. The number of nitriles is 1. The highest BCUT2D eigenvalue weighted by atomic mass is 16.5. The van der Waals surface area contributed by atoms with Crippen LogP contribution in [0, 0.1) is 23.2 Å². The number of ether oxygens (including phenoxy) is 1. The van der Waals surface area contributed by atoms with Crippen LogP contribution in [0.1, 0.15) is 50.5 Å². The molecule has 1 aromatic heterocycles. The lowest BCUT2D eigenvalue weighted by atomic mass is 9.81. The molecular weight excluding hydrogens is 380 g/mol. The Morgan fingerprint density at radius 2 is 2.10 bits per heavy atom. The van der Waals surface area contributed by atoms with E-state index < -0.39 is 6.09 Å². The van der Waals surface area contributed by atoms with Gasteiger partial charge in [-0.05, 0) is 68.6 Å². The molecule has 7 heteroatoms. The molecule has 7 nitrogen and oxygen atoms in total. The van der Waals surface area contributed by atoms with E-state index in [9.17, 15) is 15.2 Å². The van der Waals surface area contributed by atoms with Crippen molar-refractivity contribution in [1.82, 2.24) is 14.5 Å². The Hall–Kier alpha value is -2.59. The van der Waals surface area contributed by atoms with E-state index >= 15 is 0 Å². The fourth-order valence-electron chi connectivity index (χ4n) is 5.02. The molecule has 1 N–H and O–H groups in total. The summed E-state index contributed by atoms with van der Waals surface area (Å²) in [6, 6.07) is 7.80. The van der Waals surface area contributed by atoms with Crippen molar-refractivity contribution in [3.63, 3.8) is 0 Å². The van der Waals surface area contributed by atoms with Crippen LogP contribution < -0.4 is 0 Å². The summed E-state index contributed by atoms with van der Waals surface area (Å²) < 4.78 is 7.91. The van der Waals surface area contributed by atoms with Crippen molar-refractivity contribution in [2.75, 3.05) is 19.7 Å². The lowest BCUT2D eigenvalue weighted by Gasteiger charge is -2.34. The molecule has 2 fully saturated rings. The molecule has 1 amide bonds. The Kier molecular flexibility index (Phi) is 6.53.